The maximum atomic E-state index is 12.5. The number of piperidine rings is 1. The van der Waals surface area contributed by atoms with Crippen LogP contribution in [0, 0.1) is 18.3 Å². The van der Waals surface area contributed by atoms with Crippen LogP contribution in [0.25, 0.3) is 0 Å². The van der Waals surface area contributed by atoms with Gasteiger partial charge in [0.05, 0.1) is 13.2 Å². The Morgan fingerprint density at radius 3 is 2.91 bits per heavy atom. The Bertz CT molecular complexity index is 528. The fourth-order valence-electron chi connectivity index (χ4n) is 3.53. The second-order valence-corrected chi connectivity index (χ2v) is 6.92. The number of hydrogen-bond acceptors (Lipinski definition) is 5. The predicted molar refractivity (Wildman–Crippen MR) is 79.8 cm³/mol. The standard InChI is InChI=1S/C15H25N5O2/c1-12-16-17-18-20(12)8-5-14(22)19-7-2-6-15(10-19,11-21)9-13-3-4-13/h13,21H,2-11H2,1H3/t15-/m0/s1. The molecule has 2 heterocycles. The van der Waals surface area contributed by atoms with Gasteiger partial charge in [-0.05, 0) is 42.5 Å². The van der Waals surface area contributed by atoms with Crippen molar-refractivity contribution in [1.82, 2.24) is 25.1 Å². The molecule has 0 unspecified atom stereocenters. The first-order chi connectivity index (χ1) is 10.6. The average Bonchev–Trinajstić information content (AvgIpc) is 3.24. The Balaban J connectivity index is 1.56. The van der Waals surface area contributed by atoms with E-state index in [-0.39, 0.29) is 17.9 Å². The van der Waals surface area contributed by atoms with Crippen LogP contribution in [0.15, 0.2) is 0 Å². The van der Waals surface area contributed by atoms with E-state index in [2.05, 4.69) is 15.5 Å². The number of aryl methyl sites for hydroxylation is 2. The van der Waals surface area contributed by atoms with Crippen molar-refractivity contribution in [2.45, 2.75) is 52.0 Å². The topological polar surface area (TPSA) is 84.1 Å². The fourth-order valence-corrected chi connectivity index (χ4v) is 3.53. The Labute approximate surface area is 130 Å². The molecule has 2 aliphatic rings. The van der Waals surface area contributed by atoms with E-state index in [1.54, 1.807) is 4.68 Å². The zero-order valence-corrected chi connectivity index (χ0v) is 13.2. The number of carbonyl (C=O) groups is 1. The van der Waals surface area contributed by atoms with Gasteiger partial charge in [0.2, 0.25) is 5.91 Å². The van der Waals surface area contributed by atoms with Crippen LogP contribution in [-0.2, 0) is 11.3 Å². The van der Waals surface area contributed by atoms with Gasteiger partial charge in [-0.2, -0.15) is 0 Å². The van der Waals surface area contributed by atoms with Crippen molar-refractivity contribution >= 4 is 5.91 Å². The average molecular weight is 307 g/mol. The SMILES string of the molecule is Cc1nnnn1CCC(=O)N1CCC[C@](CO)(CC2CC2)C1. The normalized spacial score (nSPS) is 25.5. The largest absolute Gasteiger partial charge is 0.396 e. The third kappa shape index (κ3) is 3.45. The van der Waals surface area contributed by atoms with E-state index in [0.29, 0.717) is 19.5 Å². The minimum absolute atomic E-state index is 0.0696. The minimum atomic E-state index is -0.0696. The van der Waals surface area contributed by atoms with Gasteiger partial charge in [0, 0.05) is 24.9 Å². The van der Waals surface area contributed by atoms with Gasteiger partial charge in [0.25, 0.3) is 0 Å². The molecule has 1 aromatic heterocycles. The number of amides is 1. The summed E-state index contributed by atoms with van der Waals surface area (Å²) in [5, 5.41) is 21.2. The number of aromatic nitrogens is 4. The summed E-state index contributed by atoms with van der Waals surface area (Å²) in [5.41, 5.74) is -0.0696. The summed E-state index contributed by atoms with van der Waals surface area (Å²) in [7, 11) is 0. The third-order valence-corrected chi connectivity index (χ3v) is 5.02. The molecule has 1 aliphatic carbocycles. The Morgan fingerprint density at radius 2 is 2.27 bits per heavy atom. The zero-order chi connectivity index (χ0) is 15.6. The summed E-state index contributed by atoms with van der Waals surface area (Å²) in [5.74, 6) is 1.64. The van der Waals surface area contributed by atoms with Crippen LogP contribution in [0.3, 0.4) is 0 Å². The lowest BCUT2D eigenvalue weighted by atomic mass is 9.76. The number of aliphatic hydroxyl groups excluding tert-OH is 1. The molecule has 1 N–H and O–H groups in total. The van der Waals surface area contributed by atoms with Crippen LogP contribution in [0.4, 0.5) is 0 Å². The molecule has 1 aliphatic heterocycles. The molecule has 7 nitrogen and oxygen atoms in total. The van der Waals surface area contributed by atoms with E-state index < -0.39 is 0 Å². The highest BCUT2D eigenvalue weighted by atomic mass is 16.3. The van der Waals surface area contributed by atoms with E-state index in [0.717, 1.165) is 37.5 Å². The number of nitrogens with zero attached hydrogens (tertiary/aromatic N) is 5. The second-order valence-electron chi connectivity index (χ2n) is 6.92. The van der Waals surface area contributed by atoms with Crippen molar-refractivity contribution in [1.29, 1.82) is 0 Å². The second kappa shape index (κ2) is 6.32. The van der Waals surface area contributed by atoms with Gasteiger partial charge in [-0.15, -0.1) is 5.10 Å². The van der Waals surface area contributed by atoms with Crippen molar-refractivity contribution in [2.75, 3.05) is 19.7 Å². The van der Waals surface area contributed by atoms with Gasteiger partial charge in [-0.3, -0.25) is 4.79 Å². The van der Waals surface area contributed by atoms with Crippen LogP contribution in [0.5, 0.6) is 0 Å². The summed E-state index contributed by atoms with van der Waals surface area (Å²) < 4.78 is 1.66. The van der Waals surface area contributed by atoms with E-state index in [1.807, 2.05) is 11.8 Å². The Morgan fingerprint density at radius 1 is 1.45 bits per heavy atom. The quantitative estimate of drug-likeness (QED) is 0.839. The number of likely N-dealkylation sites (tertiary alicyclic amines) is 1. The summed E-state index contributed by atoms with van der Waals surface area (Å²) in [4.78, 5) is 14.4. The smallest absolute Gasteiger partial charge is 0.224 e. The Kier molecular flexibility index (Phi) is 4.42. The maximum Gasteiger partial charge on any atom is 0.224 e. The summed E-state index contributed by atoms with van der Waals surface area (Å²) in [6.45, 7) is 4.05. The van der Waals surface area contributed by atoms with Crippen LogP contribution in [-0.4, -0.2) is 55.8 Å². The number of hydrogen-bond donors (Lipinski definition) is 1. The molecule has 7 heteroatoms. The van der Waals surface area contributed by atoms with Crippen molar-refractivity contribution < 1.29 is 9.90 Å². The van der Waals surface area contributed by atoms with Crippen molar-refractivity contribution in [3.8, 4) is 0 Å². The molecular formula is C15H25N5O2. The molecule has 1 atom stereocenters. The predicted octanol–water partition coefficient (Wildman–Crippen LogP) is 0.773. The fraction of sp³-hybridized carbons (Fsp3) is 0.867. The van der Waals surface area contributed by atoms with Crippen LogP contribution in [0.2, 0.25) is 0 Å². The molecule has 122 valence electrons. The van der Waals surface area contributed by atoms with Crippen molar-refractivity contribution in [2.24, 2.45) is 11.3 Å². The lowest BCUT2D eigenvalue weighted by Gasteiger charge is -2.42. The molecule has 1 aromatic rings. The lowest BCUT2D eigenvalue weighted by molar-refractivity contribution is -0.136. The first kappa shape index (κ1) is 15.4. The third-order valence-electron chi connectivity index (χ3n) is 5.02. The van der Waals surface area contributed by atoms with Crippen LogP contribution in [0.1, 0.15) is 44.3 Å². The molecule has 0 aromatic carbocycles. The molecule has 1 saturated carbocycles. The van der Waals surface area contributed by atoms with Gasteiger partial charge < -0.3 is 10.0 Å². The molecule has 2 fully saturated rings. The lowest BCUT2D eigenvalue weighted by Crippen LogP contribution is -2.48. The first-order valence-corrected chi connectivity index (χ1v) is 8.23. The monoisotopic (exact) mass is 307 g/mol. The number of tetrazole rings is 1. The van der Waals surface area contributed by atoms with Crippen LogP contribution < -0.4 is 0 Å². The van der Waals surface area contributed by atoms with Gasteiger partial charge in [0.1, 0.15) is 5.82 Å². The molecule has 1 amide bonds. The molecule has 0 radical (unpaired) electrons. The number of rotatable bonds is 6. The molecule has 22 heavy (non-hydrogen) atoms. The van der Waals surface area contributed by atoms with Gasteiger partial charge in [-0.25, -0.2) is 4.68 Å². The number of aliphatic hydroxyl groups is 1. The molecule has 0 bridgehead atoms. The highest BCUT2D eigenvalue weighted by Gasteiger charge is 2.40. The highest BCUT2D eigenvalue weighted by Crippen LogP contribution is 2.44. The van der Waals surface area contributed by atoms with E-state index in [9.17, 15) is 9.90 Å². The molecule has 0 spiro atoms. The van der Waals surface area contributed by atoms with Crippen molar-refractivity contribution in [3.63, 3.8) is 0 Å². The minimum Gasteiger partial charge on any atom is -0.396 e. The first-order valence-electron chi connectivity index (χ1n) is 8.23. The summed E-state index contributed by atoms with van der Waals surface area (Å²) >= 11 is 0. The Hall–Kier alpha value is -1.50. The van der Waals surface area contributed by atoms with E-state index in [1.165, 1.54) is 12.8 Å². The van der Waals surface area contributed by atoms with Gasteiger partial charge >= 0.3 is 0 Å². The maximum absolute atomic E-state index is 12.5. The highest BCUT2D eigenvalue weighted by molar-refractivity contribution is 5.76. The van der Waals surface area contributed by atoms with E-state index >= 15 is 0 Å². The van der Waals surface area contributed by atoms with E-state index in [4.69, 9.17) is 0 Å². The summed E-state index contributed by atoms with van der Waals surface area (Å²) in [6.07, 6.45) is 6.08. The van der Waals surface area contributed by atoms with Crippen molar-refractivity contribution in [3.05, 3.63) is 5.82 Å². The molecule has 3 rings (SSSR count). The van der Waals surface area contributed by atoms with Gasteiger partial charge in [-0.1, -0.05) is 12.8 Å². The molecular weight excluding hydrogens is 282 g/mol. The summed E-state index contributed by atoms with van der Waals surface area (Å²) in [6, 6.07) is 0. The van der Waals surface area contributed by atoms with Crippen LogP contribution >= 0.6 is 0 Å². The number of carbonyl (C=O) groups excluding carboxylic acids is 1. The molecule has 1 saturated heterocycles. The van der Waals surface area contributed by atoms with Gasteiger partial charge in [0.15, 0.2) is 0 Å². The zero-order valence-electron chi connectivity index (χ0n) is 13.2.